The van der Waals surface area contributed by atoms with E-state index in [4.69, 9.17) is 9.47 Å². The highest BCUT2D eigenvalue weighted by Crippen LogP contribution is 2.41. The predicted molar refractivity (Wildman–Crippen MR) is 109 cm³/mol. The number of amides is 1. The van der Waals surface area contributed by atoms with Crippen LogP contribution in [0.1, 0.15) is 75.5 Å². The molecule has 8 nitrogen and oxygen atoms in total. The monoisotopic (exact) mass is 455 g/mol. The number of anilines is 1. The first-order chi connectivity index (χ1) is 14.8. The molecule has 0 atom stereocenters. The van der Waals surface area contributed by atoms with Crippen LogP contribution < -0.4 is 5.32 Å². The standard InChI is InChI=1S/C20H23F2N3O5S/c1-4-7-30-19(27)15-10(2)16(20(28)29-3)31-18(15)23-14(26)9-25-13(11-5-6-11)8-12(24-25)17(21)22/h8,11,17H,4-7,9H2,1-3H3,(H,23,26). The maximum atomic E-state index is 13.1. The second kappa shape index (κ2) is 9.54. The molecule has 0 spiro atoms. The van der Waals surface area contributed by atoms with Gasteiger partial charge in [0.05, 0.1) is 19.3 Å². The van der Waals surface area contributed by atoms with Gasteiger partial charge < -0.3 is 14.8 Å². The Hall–Kier alpha value is -2.82. The summed E-state index contributed by atoms with van der Waals surface area (Å²) in [7, 11) is 1.21. The molecule has 0 aliphatic heterocycles. The van der Waals surface area contributed by atoms with Gasteiger partial charge in [0.25, 0.3) is 6.43 Å². The molecule has 0 unspecified atom stereocenters. The third kappa shape index (κ3) is 5.09. The fraction of sp³-hybridized carbons (Fsp3) is 0.500. The second-order valence-electron chi connectivity index (χ2n) is 7.16. The average molecular weight is 455 g/mol. The summed E-state index contributed by atoms with van der Waals surface area (Å²) in [4.78, 5) is 37.4. The molecule has 1 saturated carbocycles. The number of hydrogen-bond acceptors (Lipinski definition) is 7. The van der Waals surface area contributed by atoms with Crippen molar-refractivity contribution in [1.29, 1.82) is 0 Å². The summed E-state index contributed by atoms with van der Waals surface area (Å²) in [6.07, 6.45) is -0.410. The van der Waals surface area contributed by atoms with Gasteiger partial charge in [-0.05, 0) is 37.8 Å². The number of nitrogens with zero attached hydrogens (tertiary/aromatic N) is 2. The van der Waals surface area contributed by atoms with Gasteiger partial charge in [-0.15, -0.1) is 11.3 Å². The lowest BCUT2D eigenvalue weighted by Crippen LogP contribution is -2.21. The van der Waals surface area contributed by atoms with Gasteiger partial charge in [0.15, 0.2) is 0 Å². The quantitative estimate of drug-likeness (QED) is 0.573. The maximum absolute atomic E-state index is 13.1. The lowest BCUT2D eigenvalue weighted by Gasteiger charge is -2.09. The third-order valence-electron chi connectivity index (χ3n) is 4.75. The van der Waals surface area contributed by atoms with Gasteiger partial charge >= 0.3 is 11.9 Å². The fourth-order valence-corrected chi connectivity index (χ4v) is 4.23. The number of alkyl halides is 2. The zero-order valence-electron chi connectivity index (χ0n) is 17.4. The number of esters is 2. The molecule has 1 N–H and O–H groups in total. The normalized spacial score (nSPS) is 13.4. The Morgan fingerprint density at radius 1 is 1.32 bits per heavy atom. The molecular weight excluding hydrogens is 432 g/mol. The number of carbonyl (C=O) groups is 3. The summed E-state index contributed by atoms with van der Waals surface area (Å²) in [5.41, 5.74) is 0.624. The van der Waals surface area contributed by atoms with Crippen molar-refractivity contribution in [2.75, 3.05) is 19.0 Å². The Kier molecular flexibility index (Phi) is 7.04. The number of aromatic nitrogens is 2. The molecule has 2 heterocycles. The number of hydrogen-bond donors (Lipinski definition) is 1. The number of methoxy groups -OCH3 is 1. The molecule has 0 aromatic carbocycles. The highest BCUT2D eigenvalue weighted by atomic mass is 32.1. The zero-order chi connectivity index (χ0) is 22.7. The highest BCUT2D eigenvalue weighted by molar-refractivity contribution is 7.18. The molecule has 0 bridgehead atoms. The van der Waals surface area contributed by atoms with Crippen molar-refractivity contribution in [1.82, 2.24) is 9.78 Å². The molecule has 1 aliphatic carbocycles. The van der Waals surface area contributed by atoms with E-state index in [2.05, 4.69) is 10.4 Å². The van der Waals surface area contributed by atoms with Crippen LogP contribution in [0.3, 0.4) is 0 Å². The number of ether oxygens (including phenoxy) is 2. The van der Waals surface area contributed by atoms with Gasteiger partial charge in [0.1, 0.15) is 22.1 Å². The molecule has 2 aromatic heterocycles. The summed E-state index contributed by atoms with van der Waals surface area (Å²) in [5.74, 6) is -1.76. The number of rotatable bonds is 9. The van der Waals surface area contributed by atoms with Crippen molar-refractivity contribution in [3.8, 4) is 0 Å². The molecular formula is C20H23F2N3O5S. The summed E-state index contributed by atoms with van der Waals surface area (Å²) >= 11 is 0.895. The van der Waals surface area contributed by atoms with Crippen molar-refractivity contribution in [2.45, 2.75) is 52.0 Å². The fourth-order valence-electron chi connectivity index (χ4n) is 3.10. The Bertz CT molecular complexity index is 997. The lowest BCUT2D eigenvalue weighted by molar-refractivity contribution is -0.116. The van der Waals surface area contributed by atoms with Gasteiger partial charge in [-0.3, -0.25) is 9.48 Å². The number of halogens is 2. The van der Waals surface area contributed by atoms with Gasteiger partial charge in [0, 0.05) is 11.6 Å². The van der Waals surface area contributed by atoms with Crippen molar-refractivity contribution in [3.05, 3.63) is 33.5 Å². The van der Waals surface area contributed by atoms with Crippen LogP contribution in [-0.4, -0.2) is 41.3 Å². The van der Waals surface area contributed by atoms with Crippen LogP contribution in [0, 0.1) is 6.92 Å². The molecule has 0 radical (unpaired) electrons. The molecule has 1 amide bonds. The van der Waals surface area contributed by atoms with E-state index >= 15 is 0 Å². The number of nitrogens with one attached hydrogen (secondary N) is 1. The molecule has 0 saturated heterocycles. The minimum absolute atomic E-state index is 0.0725. The number of thiophene rings is 1. The van der Waals surface area contributed by atoms with Gasteiger partial charge in [-0.1, -0.05) is 6.92 Å². The van der Waals surface area contributed by atoms with Gasteiger partial charge in [0.2, 0.25) is 5.91 Å². The summed E-state index contributed by atoms with van der Waals surface area (Å²) < 4.78 is 37.3. The second-order valence-corrected chi connectivity index (χ2v) is 8.18. The first kappa shape index (κ1) is 22.9. The summed E-state index contributed by atoms with van der Waals surface area (Å²) in [6.45, 7) is 3.29. The molecule has 2 aromatic rings. The van der Waals surface area contributed by atoms with Gasteiger partial charge in [-0.2, -0.15) is 5.10 Å². The van der Waals surface area contributed by atoms with Crippen molar-refractivity contribution >= 4 is 34.2 Å². The van der Waals surface area contributed by atoms with Crippen LogP contribution in [-0.2, 0) is 20.8 Å². The van der Waals surface area contributed by atoms with Gasteiger partial charge in [-0.25, -0.2) is 18.4 Å². The summed E-state index contributed by atoms with van der Waals surface area (Å²) in [6, 6.07) is 1.33. The molecule has 3 rings (SSSR count). The third-order valence-corrected chi connectivity index (χ3v) is 5.94. The van der Waals surface area contributed by atoms with Crippen molar-refractivity contribution in [2.24, 2.45) is 0 Å². The van der Waals surface area contributed by atoms with Crippen molar-refractivity contribution < 1.29 is 32.6 Å². The Morgan fingerprint density at radius 3 is 2.61 bits per heavy atom. The molecule has 1 fully saturated rings. The van der Waals surface area contributed by atoms with Crippen LogP contribution in [0.15, 0.2) is 6.07 Å². The Labute approximate surface area is 181 Å². The van der Waals surface area contributed by atoms with E-state index in [0.29, 0.717) is 17.7 Å². The topological polar surface area (TPSA) is 99.5 Å². The zero-order valence-corrected chi connectivity index (χ0v) is 18.2. The smallest absolute Gasteiger partial charge is 0.348 e. The van der Waals surface area contributed by atoms with E-state index in [-0.39, 0.29) is 40.2 Å². The van der Waals surface area contributed by atoms with Crippen LogP contribution >= 0.6 is 11.3 Å². The minimum atomic E-state index is -2.73. The predicted octanol–water partition coefficient (Wildman–Crippen LogP) is 4.06. The molecule has 168 valence electrons. The largest absolute Gasteiger partial charge is 0.465 e. The summed E-state index contributed by atoms with van der Waals surface area (Å²) in [5, 5.41) is 6.60. The van der Waals surface area contributed by atoms with Crippen LogP contribution in [0.25, 0.3) is 0 Å². The Morgan fingerprint density at radius 2 is 2.03 bits per heavy atom. The molecule has 31 heavy (non-hydrogen) atoms. The van der Waals surface area contributed by atoms with E-state index in [1.165, 1.54) is 17.9 Å². The van der Waals surface area contributed by atoms with Crippen molar-refractivity contribution in [3.63, 3.8) is 0 Å². The maximum Gasteiger partial charge on any atom is 0.348 e. The van der Waals surface area contributed by atoms with Crippen LogP contribution in [0.4, 0.5) is 13.8 Å². The molecule has 11 heteroatoms. The highest BCUT2D eigenvalue weighted by Gasteiger charge is 2.31. The minimum Gasteiger partial charge on any atom is -0.465 e. The average Bonchev–Trinajstić information content (AvgIpc) is 3.41. The SMILES string of the molecule is CCCOC(=O)c1c(NC(=O)Cn2nc(C(F)F)cc2C2CC2)sc(C(=O)OC)c1C. The van der Waals surface area contributed by atoms with E-state index in [9.17, 15) is 23.2 Å². The first-order valence-corrected chi connectivity index (χ1v) is 10.6. The van der Waals surface area contributed by atoms with Crippen LogP contribution in [0.2, 0.25) is 0 Å². The van der Waals surface area contributed by atoms with Crippen LogP contribution in [0.5, 0.6) is 0 Å². The lowest BCUT2D eigenvalue weighted by atomic mass is 10.1. The van der Waals surface area contributed by atoms with E-state index in [1.54, 1.807) is 6.92 Å². The van der Waals surface area contributed by atoms with E-state index in [1.807, 2.05) is 6.92 Å². The first-order valence-electron chi connectivity index (χ1n) is 9.81. The van der Waals surface area contributed by atoms with E-state index in [0.717, 1.165) is 24.2 Å². The molecule has 1 aliphatic rings. The van der Waals surface area contributed by atoms with E-state index < -0.39 is 24.3 Å². The Balaban J connectivity index is 1.85. The number of carbonyl (C=O) groups excluding carboxylic acids is 3.